The molecule has 0 saturated heterocycles. The van der Waals surface area contributed by atoms with Gasteiger partial charge in [-0.3, -0.25) is 0 Å². The van der Waals surface area contributed by atoms with Gasteiger partial charge < -0.3 is 22.7 Å². The number of methoxy groups -OCH3 is 1. The summed E-state index contributed by atoms with van der Waals surface area (Å²) in [7, 11) is 1.55. The fourth-order valence-electron chi connectivity index (χ4n) is 3.01. The Morgan fingerprint density at radius 2 is 1.89 bits per heavy atom. The summed E-state index contributed by atoms with van der Waals surface area (Å²) in [5.74, 6) is 1.38. The zero-order chi connectivity index (χ0) is 19.7. The molecule has 0 unspecified atom stereocenters. The molecule has 0 amide bonds. The third-order valence-corrected chi connectivity index (χ3v) is 4.24. The number of nitrogens with zero attached hydrogens (tertiary/aromatic N) is 2. The maximum absolute atomic E-state index is 12.5. The smallest absolute Gasteiger partial charge is 0.375 e. The minimum Gasteiger partial charge on any atom is -0.466 e. The van der Waals surface area contributed by atoms with Crippen LogP contribution in [0.25, 0.3) is 22.4 Å². The van der Waals surface area contributed by atoms with E-state index in [1.165, 1.54) is 0 Å². The van der Waals surface area contributed by atoms with E-state index in [0.717, 1.165) is 11.1 Å². The van der Waals surface area contributed by atoms with Crippen molar-refractivity contribution < 1.29 is 27.5 Å². The van der Waals surface area contributed by atoms with Crippen LogP contribution in [-0.4, -0.2) is 23.3 Å². The van der Waals surface area contributed by atoms with Gasteiger partial charge in [0, 0.05) is 18.1 Å². The van der Waals surface area contributed by atoms with E-state index in [2.05, 4.69) is 10.2 Å². The molecule has 0 bridgehead atoms. The minimum absolute atomic E-state index is 0.101. The molecule has 3 heterocycles. The van der Waals surface area contributed by atoms with Crippen molar-refractivity contribution in [2.75, 3.05) is 7.11 Å². The second kappa shape index (κ2) is 7.32. The monoisotopic (exact) mass is 382 g/mol. The summed E-state index contributed by atoms with van der Waals surface area (Å²) in [5.41, 5.74) is 1.94. The summed E-state index contributed by atoms with van der Waals surface area (Å²) in [6, 6.07) is 9.15. The second-order valence-electron chi connectivity index (χ2n) is 6.24. The first-order chi connectivity index (χ1) is 13.6. The fraction of sp³-hybridized carbons (Fsp3) is 0.250. The molecule has 0 fully saturated rings. The first-order valence-electron chi connectivity index (χ1n) is 8.63. The van der Waals surface area contributed by atoms with E-state index in [1.54, 1.807) is 13.2 Å². The van der Waals surface area contributed by atoms with Crippen molar-refractivity contribution in [1.29, 1.82) is 0 Å². The molecule has 0 N–H and O–H groups in total. The summed E-state index contributed by atoms with van der Waals surface area (Å²) in [5, 5.41) is 8.71. The molecule has 0 saturated carbocycles. The van der Waals surface area contributed by atoms with Crippen molar-refractivity contribution in [3.63, 3.8) is 0 Å². The molecule has 0 atom stereocenters. The van der Waals surface area contributed by atoms with Crippen LogP contribution in [0.4, 0.5) is 0 Å². The highest BCUT2D eigenvalue weighted by Crippen LogP contribution is 2.28. The van der Waals surface area contributed by atoms with Gasteiger partial charge >= 0.3 is 5.97 Å². The van der Waals surface area contributed by atoms with Crippen LogP contribution >= 0.6 is 0 Å². The Labute approximate surface area is 160 Å². The molecule has 8 heteroatoms. The first kappa shape index (κ1) is 18.0. The number of furan rings is 2. The number of para-hydroxylation sites is 1. The molecule has 0 aliphatic carbocycles. The topological polar surface area (TPSA) is 101 Å². The summed E-state index contributed by atoms with van der Waals surface area (Å²) >= 11 is 0. The van der Waals surface area contributed by atoms with E-state index in [0.29, 0.717) is 28.4 Å². The lowest BCUT2D eigenvalue weighted by Crippen LogP contribution is -2.07. The van der Waals surface area contributed by atoms with Crippen LogP contribution in [0, 0.1) is 13.8 Å². The van der Waals surface area contributed by atoms with Crippen molar-refractivity contribution in [3.05, 3.63) is 59.1 Å². The lowest BCUT2D eigenvalue weighted by molar-refractivity contribution is 0.0399. The second-order valence-corrected chi connectivity index (χ2v) is 6.24. The summed E-state index contributed by atoms with van der Waals surface area (Å²) in [6.07, 6.45) is 0. The van der Waals surface area contributed by atoms with Crippen molar-refractivity contribution in [1.82, 2.24) is 10.2 Å². The zero-order valence-electron chi connectivity index (χ0n) is 15.6. The van der Waals surface area contributed by atoms with Gasteiger partial charge in [0.25, 0.3) is 11.8 Å². The fourth-order valence-corrected chi connectivity index (χ4v) is 3.01. The molecule has 8 nitrogen and oxygen atoms in total. The van der Waals surface area contributed by atoms with E-state index in [-0.39, 0.29) is 24.9 Å². The summed E-state index contributed by atoms with van der Waals surface area (Å²) in [4.78, 5) is 12.5. The summed E-state index contributed by atoms with van der Waals surface area (Å²) in [6.45, 7) is 3.70. The number of rotatable bonds is 6. The average Bonchev–Trinajstić information content (AvgIpc) is 3.37. The van der Waals surface area contributed by atoms with Gasteiger partial charge in [-0.2, -0.15) is 0 Å². The lowest BCUT2D eigenvalue weighted by atomic mass is 10.1. The van der Waals surface area contributed by atoms with Gasteiger partial charge in [-0.15, -0.1) is 10.2 Å². The number of esters is 1. The van der Waals surface area contributed by atoms with Gasteiger partial charge in [0.2, 0.25) is 5.76 Å². The highest BCUT2D eigenvalue weighted by Gasteiger charge is 2.23. The van der Waals surface area contributed by atoms with Crippen molar-refractivity contribution in [3.8, 4) is 11.5 Å². The molecule has 4 rings (SSSR count). The van der Waals surface area contributed by atoms with Crippen LogP contribution < -0.4 is 0 Å². The van der Waals surface area contributed by atoms with Gasteiger partial charge in [-0.25, -0.2) is 4.79 Å². The standard InChI is InChI=1S/C20H18N2O6/c1-11-8-14(12(2)26-11)19-22-21-17(28-19)10-25-20(23)18-15(9-24-3)13-6-4-5-7-16(13)27-18/h4-8H,9-10H2,1-3H3. The number of ether oxygens (including phenoxy) is 2. The van der Waals surface area contributed by atoms with Crippen molar-refractivity contribution in [2.45, 2.75) is 27.1 Å². The van der Waals surface area contributed by atoms with Crippen LogP contribution in [0.15, 0.2) is 43.6 Å². The third kappa shape index (κ3) is 3.29. The van der Waals surface area contributed by atoms with Crippen LogP contribution in [-0.2, 0) is 22.7 Å². The predicted octanol–water partition coefficient (Wildman–Crippen LogP) is 4.20. The molecule has 0 aliphatic rings. The maximum atomic E-state index is 12.5. The molecule has 4 aromatic rings. The number of hydrogen-bond donors (Lipinski definition) is 0. The number of aromatic nitrogens is 2. The van der Waals surface area contributed by atoms with Gasteiger partial charge in [0.05, 0.1) is 12.2 Å². The summed E-state index contributed by atoms with van der Waals surface area (Å²) < 4.78 is 27.2. The molecule has 1 aromatic carbocycles. The Morgan fingerprint density at radius 1 is 1.07 bits per heavy atom. The van der Waals surface area contributed by atoms with Crippen molar-refractivity contribution in [2.24, 2.45) is 0 Å². The molecule has 3 aromatic heterocycles. The van der Waals surface area contributed by atoms with Crippen LogP contribution in [0.2, 0.25) is 0 Å². The predicted molar refractivity (Wildman–Crippen MR) is 97.5 cm³/mol. The molecule has 144 valence electrons. The molecular formula is C20H18N2O6. The molecule has 28 heavy (non-hydrogen) atoms. The van der Waals surface area contributed by atoms with Crippen molar-refractivity contribution >= 4 is 16.9 Å². The van der Waals surface area contributed by atoms with Crippen LogP contribution in [0.1, 0.15) is 33.5 Å². The maximum Gasteiger partial charge on any atom is 0.375 e. The SMILES string of the molecule is COCc1c(C(=O)OCc2nnc(-c3cc(C)oc3C)o2)oc2ccccc12. The van der Waals surface area contributed by atoms with Gasteiger partial charge in [0.1, 0.15) is 17.1 Å². The molecule has 0 spiro atoms. The first-order valence-corrected chi connectivity index (χ1v) is 8.63. The number of hydrogen-bond acceptors (Lipinski definition) is 8. The molecular weight excluding hydrogens is 364 g/mol. The number of carbonyl (C=O) groups is 1. The highest BCUT2D eigenvalue weighted by atomic mass is 16.6. The minimum atomic E-state index is -0.627. The van der Waals surface area contributed by atoms with E-state index in [9.17, 15) is 4.79 Å². The lowest BCUT2D eigenvalue weighted by Gasteiger charge is -2.02. The Balaban J connectivity index is 1.52. The Bertz CT molecular complexity index is 1140. The third-order valence-electron chi connectivity index (χ3n) is 4.24. The number of carbonyl (C=O) groups excluding carboxylic acids is 1. The number of benzene rings is 1. The Morgan fingerprint density at radius 3 is 2.64 bits per heavy atom. The molecule has 0 aliphatic heterocycles. The van der Waals surface area contributed by atoms with Gasteiger partial charge in [0.15, 0.2) is 6.61 Å². The Kier molecular flexibility index (Phi) is 4.70. The van der Waals surface area contributed by atoms with Crippen LogP contribution in [0.5, 0.6) is 0 Å². The van der Waals surface area contributed by atoms with E-state index in [1.807, 2.05) is 38.1 Å². The van der Waals surface area contributed by atoms with Gasteiger partial charge in [-0.05, 0) is 26.0 Å². The van der Waals surface area contributed by atoms with E-state index < -0.39 is 5.97 Å². The zero-order valence-corrected chi connectivity index (χ0v) is 15.6. The van der Waals surface area contributed by atoms with Gasteiger partial charge in [-0.1, -0.05) is 18.2 Å². The van der Waals surface area contributed by atoms with E-state index >= 15 is 0 Å². The number of fused-ring (bicyclic) bond motifs is 1. The highest BCUT2D eigenvalue weighted by molar-refractivity contribution is 5.96. The Hall–Kier alpha value is -3.39. The average molecular weight is 382 g/mol. The quantitative estimate of drug-likeness (QED) is 0.457. The largest absolute Gasteiger partial charge is 0.466 e. The number of aryl methyl sites for hydroxylation is 2. The molecule has 0 radical (unpaired) electrons. The van der Waals surface area contributed by atoms with E-state index in [4.69, 9.17) is 22.7 Å². The normalized spacial score (nSPS) is 11.2. The van der Waals surface area contributed by atoms with Crippen LogP contribution in [0.3, 0.4) is 0 Å².